The minimum atomic E-state index is -0.288. The normalized spacial score (nSPS) is 14.7. The second kappa shape index (κ2) is 3.65. The van der Waals surface area contributed by atoms with Gasteiger partial charge in [0.2, 0.25) is 5.91 Å². The lowest BCUT2D eigenvalue weighted by Gasteiger charge is -2.18. The highest BCUT2D eigenvalue weighted by Crippen LogP contribution is 2.21. The third-order valence-electron chi connectivity index (χ3n) is 2.20. The van der Waals surface area contributed by atoms with E-state index >= 15 is 0 Å². The first-order valence-electron chi connectivity index (χ1n) is 4.62. The first-order chi connectivity index (χ1) is 7.20. The molecule has 4 nitrogen and oxygen atoms in total. The Morgan fingerprint density at radius 2 is 2.13 bits per heavy atom. The van der Waals surface area contributed by atoms with Crippen LogP contribution in [0.2, 0.25) is 0 Å². The fourth-order valence-electron chi connectivity index (χ4n) is 1.57. The number of anilines is 1. The van der Waals surface area contributed by atoms with Crippen molar-refractivity contribution in [1.82, 2.24) is 0 Å². The van der Waals surface area contributed by atoms with Crippen LogP contribution >= 0.6 is 0 Å². The lowest BCUT2D eigenvalue weighted by Crippen LogP contribution is -2.36. The Hall–Kier alpha value is -1.97. The van der Waals surface area contributed by atoms with Crippen LogP contribution in [0.3, 0.4) is 0 Å². The summed E-state index contributed by atoms with van der Waals surface area (Å²) in [6.45, 7) is 1.40. The number of amides is 2. The number of hydrogen-bond acceptors (Lipinski definition) is 3. The van der Waals surface area contributed by atoms with E-state index < -0.39 is 0 Å². The zero-order chi connectivity index (χ0) is 10.8. The molecule has 4 heteroatoms. The van der Waals surface area contributed by atoms with Crippen LogP contribution in [0, 0.1) is 0 Å². The first kappa shape index (κ1) is 9.58. The Morgan fingerprint density at radius 1 is 1.40 bits per heavy atom. The molecule has 2 rings (SSSR count). The molecule has 0 aromatic heterocycles. The average molecular weight is 202 g/mol. The predicted octanol–water partition coefficient (Wildman–Crippen LogP) is 0.999. The molecule has 1 aromatic rings. The molecule has 76 valence electrons. The van der Waals surface area contributed by atoms with Gasteiger partial charge in [-0.3, -0.25) is 14.6 Å². The van der Waals surface area contributed by atoms with Gasteiger partial charge in [-0.15, -0.1) is 0 Å². The molecule has 0 saturated heterocycles. The second-order valence-electron chi connectivity index (χ2n) is 3.28. The number of para-hydroxylation sites is 1. The Bertz CT molecular complexity index is 452. The number of nitrogens with zero attached hydrogens (tertiary/aromatic N) is 2. The molecule has 2 amide bonds. The number of benzodiazepines with no additional fused rings is 1. The van der Waals surface area contributed by atoms with Crippen LogP contribution < -0.4 is 4.90 Å². The summed E-state index contributed by atoms with van der Waals surface area (Å²) >= 11 is 0. The number of carbonyl (C=O) groups excluding carboxylic acids is 2. The topological polar surface area (TPSA) is 49.7 Å². The number of carbonyl (C=O) groups is 2. The van der Waals surface area contributed by atoms with Gasteiger partial charge in [0.05, 0.1) is 5.69 Å². The standard InChI is InChI=1S/C11H10N2O2/c1-8(14)13-10-5-3-2-4-9(10)6-12-7-11(13)15/h2-6H,7H2,1H3. The predicted molar refractivity (Wildman–Crippen MR) is 57.1 cm³/mol. The van der Waals surface area contributed by atoms with E-state index in [0.717, 1.165) is 5.56 Å². The molecule has 0 bridgehead atoms. The van der Waals surface area contributed by atoms with Gasteiger partial charge in [-0.1, -0.05) is 18.2 Å². The van der Waals surface area contributed by atoms with Crippen molar-refractivity contribution in [2.45, 2.75) is 6.92 Å². The summed E-state index contributed by atoms with van der Waals surface area (Å²) in [5.74, 6) is -0.568. The van der Waals surface area contributed by atoms with E-state index in [2.05, 4.69) is 4.99 Å². The molecule has 0 fully saturated rings. The van der Waals surface area contributed by atoms with Gasteiger partial charge in [-0.2, -0.15) is 0 Å². The molecular weight excluding hydrogens is 192 g/mol. The van der Waals surface area contributed by atoms with Crippen molar-refractivity contribution in [3.05, 3.63) is 29.8 Å². The lowest BCUT2D eigenvalue weighted by atomic mass is 10.2. The van der Waals surface area contributed by atoms with Crippen molar-refractivity contribution in [2.24, 2.45) is 4.99 Å². The molecule has 1 aliphatic rings. The molecule has 15 heavy (non-hydrogen) atoms. The van der Waals surface area contributed by atoms with Gasteiger partial charge in [0.1, 0.15) is 6.54 Å². The summed E-state index contributed by atoms with van der Waals surface area (Å²) in [5.41, 5.74) is 1.40. The highest BCUT2D eigenvalue weighted by Gasteiger charge is 2.23. The van der Waals surface area contributed by atoms with Gasteiger partial charge in [0.15, 0.2) is 0 Å². The van der Waals surface area contributed by atoms with Crippen molar-refractivity contribution in [1.29, 1.82) is 0 Å². The van der Waals surface area contributed by atoms with E-state index in [4.69, 9.17) is 0 Å². The number of aliphatic imine (C=N–C) groups is 1. The van der Waals surface area contributed by atoms with Gasteiger partial charge in [0, 0.05) is 18.7 Å². The SMILES string of the molecule is CC(=O)N1C(=O)CN=Cc2ccccc21. The van der Waals surface area contributed by atoms with E-state index in [1.807, 2.05) is 12.1 Å². The van der Waals surface area contributed by atoms with Gasteiger partial charge in [0.25, 0.3) is 5.91 Å². The van der Waals surface area contributed by atoms with Crippen LogP contribution in [0.5, 0.6) is 0 Å². The van der Waals surface area contributed by atoms with Gasteiger partial charge < -0.3 is 0 Å². The fourth-order valence-corrected chi connectivity index (χ4v) is 1.57. The van der Waals surface area contributed by atoms with Crippen molar-refractivity contribution in [3.8, 4) is 0 Å². The third-order valence-corrected chi connectivity index (χ3v) is 2.20. The molecule has 0 aliphatic carbocycles. The molecule has 0 saturated carbocycles. The third kappa shape index (κ3) is 1.66. The maximum absolute atomic E-state index is 11.6. The van der Waals surface area contributed by atoms with E-state index in [1.165, 1.54) is 11.8 Å². The molecular formula is C11H10N2O2. The Morgan fingerprint density at radius 3 is 2.87 bits per heavy atom. The van der Waals surface area contributed by atoms with E-state index in [9.17, 15) is 9.59 Å². The number of imide groups is 1. The smallest absolute Gasteiger partial charge is 0.255 e. The molecule has 0 atom stereocenters. The van der Waals surface area contributed by atoms with E-state index in [-0.39, 0.29) is 18.4 Å². The quantitative estimate of drug-likeness (QED) is 0.630. The number of fused-ring (bicyclic) bond motifs is 1. The zero-order valence-corrected chi connectivity index (χ0v) is 8.30. The summed E-state index contributed by atoms with van der Waals surface area (Å²) in [6.07, 6.45) is 1.62. The molecule has 1 aromatic carbocycles. The van der Waals surface area contributed by atoms with Crippen LogP contribution in [0.4, 0.5) is 5.69 Å². The van der Waals surface area contributed by atoms with Crippen molar-refractivity contribution < 1.29 is 9.59 Å². The zero-order valence-electron chi connectivity index (χ0n) is 8.30. The maximum Gasteiger partial charge on any atom is 0.255 e. The minimum absolute atomic E-state index is 0.0221. The highest BCUT2D eigenvalue weighted by molar-refractivity contribution is 6.18. The summed E-state index contributed by atoms with van der Waals surface area (Å²) in [4.78, 5) is 28.1. The molecule has 0 radical (unpaired) electrons. The van der Waals surface area contributed by atoms with Crippen molar-refractivity contribution >= 4 is 23.7 Å². The van der Waals surface area contributed by atoms with E-state index in [0.29, 0.717) is 5.69 Å². The maximum atomic E-state index is 11.6. The van der Waals surface area contributed by atoms with Crippen LogP contribution in [0.25, 0.3) is 0 Å². The van der Waals surface area contributed by atoms with Gasteiger partial charge in [-0.05, 0) is 6.07 Å². The van der Waals surface area contributed by atoms with Crippen molar-refractivity contribution in [3.63, 3.8) is 0 Å². The molecule has 0 spiro atoms. The van der Waals surface area contributed by atoms with Crippen LogP contribution in [-0.4, -0.2) is 24.6 Å². The summed E-state index contributed by atoms with van der Waals surface area (Å²) in [5, 5.41) is 0. The summed E-state index contributed by atoms with van der Waals surface area (Å²) in [7, 11) is 0. The monoisotopic (exact) mass is 202 g/mol. The molecule has 0 N–H and O–H groups in total. The highest BCUT2D eigenvalue weighted by atomic mass is 16.2. The summed E-state index contributed by atoms with van der Waals surface area (Å²) in [6, 6.07) is 7.21. The Labute approximate surface area is 87.2 Å². The van der Waals surface area contributed by atoms with E-state index in [1.54, 1.807) is 18.3 Å². The van der Waals surface area contributed by atoms with Crippen LogP contribution in [0.15, 0.2) is 29.3 Å². The van der Waals surface area contributed by atoms with Crippen molar-refractivity contribution in [2.75, 3.05) is 11.4 Å². The first-order valence-corrected chi connectivity index (χ1v) is 4.62. The second-order valence-corrected chi connectivity index (χ2v) is 3.28. The summed E-state index contributed by atoms with van der Waals surface area (Å²) < 4.78 is 0. The fraction of sp³-hybridized carbons (Fsp3) is 0.182. The lowest BCUT2D eigenvalue weighted by molar-refractivity contribution is -0.124. The average Bonchev–Trinajstić information content (AvgIpc) is 2.35. The Kier molecular flexibility index (Phi) is 2.33. The number of benzene rings is 1. The Balaban J connectivity index is 2.58. The van der Waals surface area contributed by atoms with Crippen LogP contribution in [0.1, 0.15) is 12.5 Å². The molecule has 1 aliphatic heterocycles. The number of hydrogen-bond donors (Lipinski definition) is 0. The number of rotatable bonds is 0. The largest absolute Gasteiger partial charge is 0.283 e. The molecule has 1 heterocycles. The van der Waals surface area contributed by atoms with Gasteiger partial charge in [-0.25, -0.2) is 4.90 Å². The minimum Gasteiger partial charge on any atom is -0.283 e. The van der Waals surface area contributed by atoms with Gasteiger partial charge >= 0.3 is 0 Å². The van der Waals surface area contributed by atoms with Crippen LogP contribution in [-0.2, 0) is 9.59 Å². The molecule has 0 unspecified atom stereocenters.